The number of allylic oxidation sites excluding steroid dienone is 2. The van der Waals surface area contributed by atoms with E-state index in [1.807, 2.05) is 6.07 Å². The lowest BCUT2D eigenvalue weighted by Crippen LogP contribution is -2.47. The summed E-state index contributed by atoms with van der Waals surface area (Å²) >= 11 is 0. The number of anilines is 2. The average Bonchev–Trinajstić information content (AvgIpc) is 3.40. The van der Waals surface area contributed by atoms with Crippen LogP contribution in [0, 0.1) is 6.92 Å². The normalized spacial score (nSPS) is 22.1. The molecule has 226 valence electrons. The summed E-state index contributed by atoms with van der Waals surface area (Å²) in [6.45, 7) is 10.1. The van der Waals surface area contributed by atoms with Crippen LogP contribution in [-0.4, -0.2) is 20.9 Å². The molecule has 1 aromatic heterocycles. The fourth-order valence-electron chi connectivity index (χ4n) is 8.35. The highest BCUT2D eigenvalue weighted by molar-refractivity contribution is 6.01. The van der Waals surface area contributed by atoms with Gasteiger partial charge in [-0.3, -0.25) is 9.36 Å². The van der Waals surface area contributed by atoms with Crippen molar-refractivity contribution in [3.8, 4) is 0 Å². The number of hydrogen-bond donors (Lipinski definition) is 1. The summed E-state index contributed by atoms with van der Waals surface area (Å²) in [7, 11) is 0. The molecule has 0 fully saturated rings. The van der Waals surface area contributed by atoms with Gasteiger partial charge >= 0.3 is 0 Å². The van der Waals surface area contributed by atoms with Gasteiger partial charge in [-0.05, 0) is 91.5 Å². The maximum absolute atomic E-state index is 14.3. The number of nitrogens with zero attached hydrogens (tertiary/aromatic N) is 3. The highest BCUT2D eigenvalue weighted by Crippen LogP contribution is 2.49. The number of rotatable bonds is 4. The number of fused-ring (bicyclic) bond motifs is 4. The number of imidazole rings is 1. The SMILES string of the molecule is Cc1ccccc1[C@H]1CC(=O)C2=C(C1)Nc1nc3ccccc3n1[C@H]2c1ccc2c(c1)[C@@H](C)CC(C)(C)N2Cc1ccccc1. The van der Waals surface area contributed by atoms with Crippen LogP contribution in [0.5, 0.6) is 0 Å². The van der Waals surface area contributed by atoms with Gasteiger partial charge in [0, 0.05) is 35.5 Å². The number of ketones is 1. The van der Waals surface area contributed by atoms with E-state index in [2.05, 4.69) is 133 Å². The first-order chi connectivity index (χ1) is 21.8. The smallest absolute Gasteiger partial charge is 0.209 e. The fourth-order valence-corrected chi connectivity index (χ4v) is 8.35. The van der Waals surface area contributed by atoms with E-state index in [9.17, 15) is 4.79 Å². The lowest BCUT2D eigenvalue weighted by atomic mass is 9.75. The molecule has 2 aliphatic heterocycles. The number of benzene rings is 4. The zero-order chi connectivity index (χ0) is 30.9. The monoisotopic (exact) mass is 592 g/mol. The lowest BCUT2D eigenvalue weighted by molar-refractivity contribution is -0.116. The third kappa shape index (κ3) is 4.59. The standard InChI is InChI=1S/C40H40N4O/c1-25-12-8-9-15-30(25)29-21-33-37(36(45)22-29)38(44-35-17-11-10-16-32(35)41-39(44)42-33)28-18-19-34-31(20-28)26(2)23-40(3,4)43(34)24-27-13-6-5-7-14-27/h5-20,26,29,38H,21-24H2,1-4H3,(H,41,42)/t26-,29+,38-/m0/s1. The van der Waals surface area contributed by atoms with Crippen molar-refractivity contribution in [1.82, 2.24) is 9.55 Å². The lowest BCUT2D eigenvalue weighted by Gasteiger charge is -2.48. The highest BCUT2D eigenvalue weighted by atomic mass is 16.1. The van der Waals surface area contributed by atoms with Crippen molar-refractivity contribution in [2.45, 2.75) is 76.9 Å². The Morgan fingerprint density at radius 3 is 2.47 bits per heavy atom. The molecule has 0 spiro atoms. The van der Waals surface area contributed by atoms with Gasteiger partial charge in [0.15, 0.2) is 5.78 Å². The van der Waals surface area contributed by atoms with Crippen molar-refractivity contribution in [1.29, 1.82) is 0 Å². The van der Waals surface area contributed by atoms with Crippen LogP contribution in [0.4, 0.5) is 11.6 Å². The van der Waals surface area contributed by atoms with Gasteiger partial charge < -0.3 is 10.2 Å². The number of carbonyl (C=O) groups excluding carboxylic acids is 1. The minimum Gasteiger partial charge on any atom is -0.362 e. The van der Waals surface area contributed by atoms with E-state index in [0.717, 1.165) is 53.2 Å². The van der Waals surface area contributed by atoms with Crippen molar-refractivity contribution in [3.05, 3.63) is 136 Å². The predicted molar refractivity (Wildman–Crippen MR) is 183 cm³/mol. The zero-order valence-electron chi connectivity index (χ0n) is 26.5. The van der Waals surface area contributed by atoms with Crippen molar-refractivity contribution in [2.24, 2.45) is 0 Å². The first-order valence-corrected chi connectivity index (χ1v) is 16.3. The molecule has 1 aliphatic carbocycles. The summed E-state index contributed by atoms with van der Waals surface area (Å²) in [5.74, 6) is 1.58. The molecule has 4 aromatic carbocycles. The van der Waals surface area contributed by atoms with Gasteiger partial charge in [-0.1, -0.05) is 85.8 Å². The molecule has 1 N–H and O–H groups in total. The number of carbonyl (C=O) groups is 1. The van der Waals surface area contributed by atoms with Crippen LogP contribution >= 0.6 is 0 Å². The second-order valence-electron chi connectivity index (χ2n) is 13.9. The molecule has 8 rings (SSSR count). The van der Waals surface area contributed by atoms with Crippen LogP contribution in [0.15, 0.2) is 108 Å². The van der Waals surface area contributed by atoms with E-state index >= 15 is 0 Å². The van der Waals surface area contributed by atoms with E-state index in [1.165, 1.54) is 27.9 Å². The van der Waals surface area contributed by atoms with Crippen LogP contribution in [-0.2, 0) is 11.3 Å². The fraction of sp³-hybridized carbons (Fsp3) is 0.300. The zero-order valence-corrected chi connectivity index (χ0v) is 26.5. The van der Waals surface area contributed by atoms with Crippen LogP contribution in [0.3, 0.4) is 0 Å². The Morgan fingerprint density at radius 2 is 1.64 bits per heavy atom. The Balaban J connectivity index is 1.27. The van der Waals surface area contributed by atoms with E-state index < -0.39 is 0 Å². The van der Waals surface area contributed by atoms with Crippen molar-refractivity contribution < 1.29 is 4.79 Å². The summed E-state index contributed by atoms with van der Waals surface area (Å²) in [5.41, 5.74) is 11.5. The number of hydrogen-bond acceptors (Lipinski definition) is 4. The van der Waals surface area contributed by atoms with Crippen LogP contribution in [0.1, 0.15) is 85.7 Å². The van der Waals surface area contributed by atoms with Crippen molar-refractivity contribution in [3.63, 3.8) is 0 Å². The van der Waals surface area contributed by atoms with Gasteiger partial charge in [0.25, 0.3) is 0 Å². The van der Waals surface area contributed by atoms with Gasteiger partial charge in [-0.15, -0.1) is 0 Å². The summed E-state index contributed by atoms with van der Waals surface area (Å²) in [6.07, 6.45) is 2.38. The number of nitrogens with one attached hydrogen (secondary N) is 1. The Morgan fingerprint density at radius 1 is 0.889 bits per heavy atom. The van der Waals surface area contributed by atoms with Crippen molar-refractivity contribution in [2.75, 3.05) is 10.2 Å². The molecule has 0 saturated carbocycles. The molecule has 3 atom stereocenters. The summed E-state index contributed by atoms with van der Waals surface area (Å²) in [5, 5.41) is 3.66. The third-order valence-corrected chi connectivity index (χ3v) is 10.4. The molecule has 0 unspecified atom stereocenters. The molecule has 3 heterocycles. The summed E-state index contributed by atoms with van der Waals surface area (Å²) in [4.78, 5) is 21.9. The first kappa shape index (κ1) is 27.9. The molecule has 5 aromatic rings. The number of para-hydroxylation sites is 2. The molecule has 5 heteroatoms. The number of Topliss-reactive ketones (excluding diaryl/α,β-unsaturated/α-hetero) is 1. The Hall–Kier alpha value is -4.64. The van der Waals surface area contributed by atoms with Crippen molar-refractivity contribution >= 4 is 28.5 Å². The van der Waals surface area contributed by atoms with Crippen LogP contribution < -0.4 is 10.2 Å². The molecular formula is C40H40N4O. The van der Waals surface area contributed by atoms with Gasteiger partial charge in [0.1, 0.15) is 0 Å². The summed E-state index contributed by atoms with van der Waals surface area (Å²) < 4.78 is 2.26. The molecule has 0 saturated heterocycles. The number of aryl methyl sites for hydroxylation is 1. The van der Waals surface area contributed by atoms with Gasteiger partial charge in [0.05, 0.1) is 17.1 Å². The van der Waals surface area contributed by atoms with Gasteiger partial charge in [-0.2, -0.15) is 0 Å². The Kier molecular flexibility index (Phi) is 6.49. The Labute approximate surface area is 265 Å². The second kappa shape index (κ2) is 10.5. The molecular weight excluding hydrogens is 552 g/mol. The highest BCUT2D eigenvalue weighted by Gasteiger charge is 2.41. The van der Waals surface area contributed by atoms with E-state index in [0.29, 0.717) is 12.3 Å². The van der Waals surface area contributed by atoms with Gasteiger partial charge in [-0.25, -0.2) is 4.98 Å². The van der Waals surface area contributed by atoms with E-state index in [4.69, 9.17) is 4.98 Å². The maximum atomic E-state index is 14.3. The topological polar surface area (TPSA) is 50.2 Å². The quantitative estimate of drug-likeness (QED) is 0.226. The Bertz CT molecular complexity index is 1980. The largest absolute Gasteiger partial charge is 0.362 e. The number of aromatic nitrogens is 2. The molecule has 45 heavy (non-hydrogen) atoms. The predicted octanol–water partition coefficient (Wildman–Crippen LogP) is 9.05. The van der Waals surface area contributed by atoms with Gasteiger partial charge in [0.2, 0.25) is 5.95 Å². The van der Waals surface area contributed by atoms with Crippen LogP contribution in [0.25, 0.3) is 11.0 Å². The minimum absolute atomic E-state index is 0.0197. The summed E-state index contributed by atoms with van der Waals surface area (Å²) in [6, 6.07) is 34.3. The second-order valence-corrected chi connectivity index (χ2v) is 13.9. The molecule has 0 amide bonds. The molecule has 0 radical (unpaired) electrons. The van der Waals surface area contributed by atoms with E-state index in [1.54, 1.807) is 0 Å². The average molecular weight is 593 g/mol. The molecule has 5 nitrogen and oxygen atoms in total. The van der Waals surface area contributed by atoms with Crippen LogP contribution in [0.2, 0.25) is 0 Å². The first-order valence-electron chi connectivity index (χ1n) is 16.3. The third-order valence-electron chi connectivity index (χ3n) is 10.4. The maximum Gasteiger partial charge on any atom is 0.209 e. The molecule has 0 bridgehead atoms. The minimum atomic E-state index is -0.232. The molecule has 3 aliphatic rings. The van der Waals surface area contributed by atoms with E-state index in [-0.39, 0.29) is 23.3 Å².